The van der Waals surface area contributed by atoms with Crippen LogP contribution < -0.4 is 10.9 Å². The van der Waals surface area contributed by atoms with E-state index in [0.717, 1.165) is 38.8 Å². The van der Waals surface area contributed by atoms with Gasteiger partial charge in [0.15, 0.2) is 0 Å². The third-order valence-corrected chi connectivity index (χ3v) is 6.10. The van der Waals surface area contributed by atoms with Gasteiger partial charge in [0, 0.05) is 33.8 Å². The van der Waals surface area contributed by atoms with Crippen LogP contribution in [0.15, 0.2) is 89.9 Å². The molecule has 0 aliphatic carbocycles. The molecule has 0 saturated heterocycles. The SMILES string of the molecule is O=C1Nc2cccc(C#CCn3c(=O)c4ccccc4c4ccccc43)c2C1=Cc1ccc[nH]1. The molecule has 0 bridgehead atoms. The van der Waals surface area contributed by atoms with Crippen molar-refractivity contribution in [1.29, 1.82) is 0 Å². The molecule has 0 saturated carbocycles. The fourth-order valence-corrected chi connectivity index (χ4v) is 4.55. The molecule has 2 aromatic heterocycles. The van der Waals surface area contributed by atoms with Gasteiger partial charge in [-0.1, -0.05) is 54.3 Å². The van der Waals surface area contributed by atoms with Gasteiger partial charge < -0.3 is 10.3 Å². The highest BCUT2D eigenvalue weighted by Crippen LogP contribution is 2.35. The number of amides is 1. The molecule has 5 aromatic rings. The number of carbonyl (C=O) groups is 1. The quantitative estimate of drug-likeness (QED) is 0.229. The number of pyridine rings is 1. The number of H-pyrrole nitrogens is 1. The van der Waals surface area contributed by atoms with Crippen LogP contribution in [0.5, 0.6) is 0 Å². The number of hydrogen-bond acceptors (Lipinski definition) is 2. The van der Waals surface area contributed by atoms with Crippen LogP contribution in [0.3, 0.4) is 0 Å². The zero-order valence-electron chi connectivity index (χ0n) is 18.1. The molecular formula is C29H19N3O2. The van der Waals surface area contributed by atoms with Crippen LogP contribution in [0, 0.1) is 11.8 Å². The Morgan fingerprint density at radius 3 is 2.44 bits per heavy atom. The summed E-state index contributed by atoms with van der Waals surface area (Å²) in [6.45, 7) is 0.241. The zero-order valence-corrected chi connectivity index (χ0v) is 18.1. The Balaban J connectivity index is 1.45. The van der Waals surface area contributed by atoms with Gasteiger partial charge in [-0.3, -0.25) is 14.2 Å². The Morgan fingerprint density at radius 2 is 1.62 bits per heavy atom. The van der Waals surface area contributed by atoms with Crippen molar-refractivity contribution in [2.24, 2.45) is 0 Å². The monoisotopic (exact) mass is 441 g/mol. The van der Waals surface area contributed by atoms with E-state index in [4.69, 9.17) is 0 Å². The van der Waals surface area contributed by atoms with E-state index in [0.29, 0.717) is 11.0 Å². The maximum absolute atomic E-state index is 13.3. The second-order valence-corrected chi connectivity index (χ2v) is 8.12. The molecule has 0 fully saturated rings. The van der Waals surface area contributed by atoms with Gasteiger partial charge in [-0.05, 0) is 47.9 Å². The van der Waals surface area contributed by atoms with E-state index < -0.39 is 0 Å². The van der Waals surface area contributed by atoms with Crippen molar-refractivity contribution in [2.45, 2.75) is 6.54 Å². The van der Waals surface area contributed by atoms with E-state index in [2.05, 4.69) is 22.1 Å². The minimum Gasteiger partial charge on any atom is -0.362 e. The summed E-state index contributed by atoms with van der Waals surface area (Å²) in [4.78, 5) is 29.0. The van der Waals surface area contributed by atoms with Crippen molar-refractivity contribution in [3.8, 4) is 11.8 Å². The molecule has 6 rings (SSSR count). The number of rotatable bonds is 2. The maximum Gasteiger partial charge on any atom is 0.259 e. The van der Waals surface area contributed by atoms with Gasteiger partial charge in [-0.15, -0.1) is 0 Å². The Bertz CT molecular complexity index is 1750. The van der Waals surface area contributed by atoms with Crippen LogP contribution in [0.4, 0.5) is 5.69 Å². The molecule has 1 amide bonds. The summed E-state index contributed by atoms with van der Waals surface area (Å²) in [6.07, 6.45) is 3.64. The van der Waals surface area contributed by atoms with Crippen molar-refractivity contribution in [2.75, 3.05) is 5.32 Å². The summed E-state index contributed by atoms with van der Waals surface area (Å²) in [5.74, 6) is 6.23. The van der Waals surface area contributed by atoms with Crippen LogP contribution in [-0.2, 0) is 11.3 Å². The first-order valence-corrected chi connectivity index (χ1v) is 11.0. The summed E-state index contributed by atoms with van der Waals surface area (Å²) < 4.78 is 1.72. The molecule has 5 heteroatoms. The van der Waals surface area contributed by atoms with E-state index in [1.54, 1.807) is 4.57 Å². The number of nitrogens with zero attached hydrogens (tertiary/aromatic N) is 1. The van der Waals surface area contributed by atoms with Crippen molar-refractivity contribution in [3.05, 3.63) is 112 Å². The van der Waals surface area contributed by atoms with Crippen LogP contribution in [0.1, 0.15) is 16.8 Å². The molecule has 1 aliphatic heterocycles. The molecular weight excluding hydrogens is 422 g/mol. The van der Waals surface area contributed by atoms with Crippen LogP contribution in [0.2, 0.25) is 0 Å². The van der Waals surface area contributed by atoms with Gasteiger partial charge >= 0.3 is 0 Å². The first-order chi connectivity index (χ1) is 16.7. The van der Waals surface area contributed by atoms with Gasteiger partial charge in [0.25, 0.3) is 11.5 Å². The molecule has 5 nitrogen and oxygen atoms in total. The fraction of sp³-hybridized carbons (Fsp3) is 0.0345. The standard InChI is InChI=1S/C29H19N3O2/c33-28-24(18-20-10-6-16-30-20)27-19(8-5-14-25(27)31-28)9-7-17-32-26-15-4-3-12-22(26)21-11-1-2-13-23(21)29(32)34/h1-6,8,10-16,18,30H,17H2,(H,31,33). The summed E-state index contributed by atoms with van der Waals surface area (Å²) in [5.41, 5.74) is 4.46. The summed E-state index contributed by atoms with van der Waals surface area (Å²) in [5, 5.41) is 5.55. The average molecular weight is 441 g/mol. The minimum absolute atomic E-state index is 0.0638. The number of hydrogen-bond donors (Lipinski definition) is 2. The smallest absolute Gasteiger partial charge is 0.259 e. The van der Waals surface area contributed by atoms with E-state index >= 15 is 0 Å². The van der Waals surface area contributed by atoms with E-state index in [9.17, 15) is 9.59 Å². The first-order valence-electron chi connectivity index (χ1n) is 11.0. The van der Waals surface area contributed by atoms with Crippen molar-refractivity contribution in [1.82, 2.24) is 9.55 Å². The lowest BCUT2D eigenvalue weighted by Gasteiger charge is -2.10. The number of carbonyl (C=O) groups excluding carboxylic acids is 1. The van der Waals surface area contributed by atoms with Gasteiger partial charge in [-0.25, -0.2) is 0 Å². The van der Waals surface area contributed by atoms with Gasteiger partial charge in [0.05, 0.1) is 23.3 Å². The number of benzene rings is 3. The molecule has 0 radical (unpaired) electrons. The Kier molecular flexibility index (Phi) is 4.64. The number of nitrogens with one attached hydrogen (secondary N) is 2. The maximum atomic E-state index is 13.3. The normalized spacial score (nSPS) is 13.6. The number of anilines is 1. The van der Waals surface area contributed by atoms with Crippen molar-refractivity contribution < 1.29 is 4.79 Å². The molecule has 3 heterocycles. The molecule has 0 unspecified atom stereocenters. The minimum atomic E-state index is -0.157. The van der Waals surface area contributed by atoms with Crippen molar-refractivity contribution in [3.63, 3.8) is 0 Å². The third-order valence-electron chi connectivity index (χ3n) is 6.10. The van der Waals surface area contributed by atoms with E-state index in [1.165, 1.54) is 0 Å². The number of fused-ring (bicyclic) bond motifs is 4. The molecule has 0 atom stereocenters. The zero-order chi connectivity index (χ0) is 23.1. The molecule has 1 aliphatic rings. The Hall–Kier alpha value is -4.82. The Morgan fingerprint density at radius 1 is 0.824 bits per heavy atom. The van der Waals surface area contributed by atoms with Gasteiger partial charge in [0.2, 0.25) is 0 Å². The topological polar surface area (TPSA) is 66.9 Å². The molecule has 3 aromatic carbocycles. The highest BCUT2D eigenvalue weighted by atomic mass is 16.2. The average Bonchev–Trinajstić information content (AvgIpc) is 3.49. The summed E-state index contributed by atoms with van der Waals surface area (Å²) >= 11 is 0. The summed E-state index contributed by atoms with van der Waals surface area (Å²) in [7, 11) is 0. The lowest BCUT2D eigenvalue weighted by Crippen LogP contribution is -2.20. The largest absolute Gasteiger partial charge is 0.362 e. The summed E-state index contributed by atoms with van der Waals surface area (Å²) in [6, 6.07) is 25.0. The van der Waals surface area contributed by atoms with Crippen LogP contribution in [0.25, 0.3) is 33.3 Å². The first kappa shape index (κ1) is 19.8. The third kappa shape index (κ3) is 3.21. The predicted octanol–water partition coefficient (Wildman–Crippen LogP) is 5.03. The molecule has 0 spiro atoms. The van der Waals surface area contributed by atoms with Gasteiger partial charge in [0.1, 0.15) is 0 Å². The molecule has 2 N–H and O–H groups in total. The van der Waals surface area contributed by atoms with Crippen LogP contribution >= 0.6 is 0 Å². The van der Waals surface area contributed by atoms with E-state index in [-0.39, 0.29) is 18.0 Å². The van der Waals surface area contributed by atoms with Crippen LogP contribution in [-0.4, -0.2) is 15.5 Å². The fourth-order valence-electron chi connectivity index (χ4n) is 4.55. The van der Waals surface area contributed by atoms with E-state index in [1.807, 2.05) is 91.1 Å². The second kappa shape index (κ2) is 7.95. The highest BCUT2D eigenvalue weighted by molar-refractivity contribution is 6.35. The number of para-hydroxylation sites is 1. The highest BCUT2D eigenvalue weighted by Gasteiger charge is 2.26. The Labute approximate surface area is 195 Å². The second-order valence-electron chi connectivity index (χ2n) is 8.12. The predicted molar refractivity (Wildman–Crippen MR) is 136 cm³/mol. The van der Waals surface area contributed by atoms with Gasteiger partial charge in [-0.2, -0.15) is 0 Å². The van der Waals surface area contributed by atoms with Crippen molar-refractivity contribution >= 4 is 44.9 Å². The lowest BCUT2D eigenvalue weighted by molar-refractivity contribution is -0.110. The molecule has 34 heavy (non-hydrogen) atoms. The number of aromatic nitrogens is 2. The number of aromatic amines is 1. The lowest BCUT2D eigenvalue weighted by atomic mass is 10.00. The molecule has 162 valence electrons.